The van der Waals surface area contributed by atoms with E-state index in [-0.39, 0.29) is 61.6 Å². The van der Waals surface area contributed by atoms with E-state index >= 15 is 0 Å². The number of hydrogen-bond donors (Lipinski definition) is 2. The third-order valence-electron chi connectivity index (χ3n) is 6.57. The summed E-state index contributed by atoms with van der Waals surface area (Å²) in [6.45, 7) is 1.19. The van der Waals surface area contributed by atoms with E-state index in [4.69, 9.17) is 10.8 Å². The minimum Gasteiger partial charge on any atom is -0.478 e. The SMILES string of the molecule is C.N[C@@H](CC(=O)N1CC[C@H]2CN(S(=O)(=O)c3ccccc3)C[C@H]21)Cc1cc(F)c(F)cc1F.O=CO/C=C/C(=O)O. The summed E-state index contributed by atoms with van der Waals surface area (Å²) >= 11 is 0. The van der Waals surface area contributed by atoms with Gasteiger partial charge in [-0.05, 0) is 42.5 Å². The van der Waals surface area contributed by atoms with E-state index in [0.717, 1.165) is 12.3 Å². The first kappa shape index (κ1) is 33.5. The average molecular weight is 600 g/mol. The summed E-state index contributed by atoms with van der Waals surface area (Å²) in [7, 11) is -3.64. The molecule has 0 unspecified atom stereocenters. The molecule has 2 aromatic rings. The zero-order valence-electron chi connectivity index (χ0n) is 21.2. The van der Waals surface area contributed by atoms with Gasteiger partial charge in [-0.25, -0.2) is 26.4 Å². The van der Waals surface area contributed by atoms with Crippen LogP contribution in [0.2, 0.25) is 0 Å². The van der Waals surface area contributed by atoms with Gasteiger partial charge in [0.05, 0.1) is 11.0 Å². The first-order valence-electron chi connectivity index (χ1n) is 12.2. The number of nitrogens with two attached hydrogens (primary N) is 1. The van der Waals surface area contributed by atoms with Gasteiger partial charge in [0.15, 0.2) is 11.6 Å². The number of sulfonamides is 1. The first-order chi connectivity index (χ1) is 18.9. The van der Waals surface area contributed by atoms with Gasteiger partial charge in [0.25, 0.3) is 6.47 Å². The van der Waals surface area contributed by atoms with Crippen LogP contribution < -0.4 is 5.73 Å². The highest BCUT2D eigenvalue weighted by molar-refractivity contribution is 7.89. The molecular formula is C27H32F3N3O7S. The molecule has 0 aliphatic carbocycles. The van der Waals surface area contributed by atoms with E-state index in [1.165, 1.54) is 4.31 Å². The lowest BCUT2D eigenvalue weighted by Crippen LogP contribution is -2.43. The standard InChI is InChI=1S/C22H24F3N3O3S.C4H4O4.CH4/c23-18-11-20(25)19(24)9-15(18)8-16(26)10-22(29)28-7-6-14-12-27(13-21(14)28)32(30,31)17-4-2-1-3-5-17;5-3-8-2-1-4(6)7;/h1-5,9,11,14,16,21H,6-8,10,12-13,26H2;1-3H,(H,6,7);1H4/b;2-1+;/t14-,16+,21+;;/m0../s1. The van der Waals surface area contributed by atoms with Gasteiger partial charge < -0.3 is 20.5 Å². The Hall–Kier alpha value is -3.75. The number of carbonyl (C=O) groups excluding carboxylic acids is 2. The Balaban J connectivity index is 0.000000574. The van der Waals surface area contributed by atoms with Gasteiger partial charge in [-0.15, -0.1) is 0 Å². The predicted octanol–water partition coefficient (Wildman–Crippen LogP) is 2.68. The Morgan fingerprint density at radius 3 is 2.39 bits per heavy atom. The molecule has 0 radical (unpaired) electrons. The molecule has 2 heterocycles. The Bertz CT molecular complexity index is 1360. The maximum Gasteiger partial charge on any atom is 0.331 e. The smallest absolute Gasteiger partial charge is 0.331 e. The van der Waals surface area contributed by atoms with Crippen molar-refractivity contribution < 1.29 is 45.8 Å². The maximum atomic E-state index is 13.9. The molecule has 2 fully saturated rings. The summed E-state index contributed by atoms with van der Waals surface area (Å²) in [6, 6.07) is 8.35. The number of aliphatic carboxylic acids is 1. The molecule has 4 rings (SSSR count). The second-order valence-electron chi connectivity index (χ2n) is 9.24. The normalized spacial score (nSPS) is 19.1. The molecule has 14 heteroatoms. The van der Waals surface area contributed by atoms with Crippen molar-refractivity contribution >= 4 is 28.4 Å². The number of fused-ring (bicyclic) bond motifs is 1. The van der Waals surface area contributed by atoms with Gasteiger partial charge in [-0.3, -0.25) is 9.59 Å². The second-order valence-corrected chi connectivity index (χ2v) is 11.2. The fourth-order valence-corrected chi connectivity index (χ4v) is 6.25. The van der Waals surface area contributed by atoms with Crippen molar-refractivity contribution in [3.63, 3.8) is 0 Å². The van der Waals surface area contributed by atoms with Gasteiger partial charge >= 0.3 is 5.97 Å². The highest BCUT2D eigenvalue weighted by atomic mass is 32.2. The van der Waals surface area contributed by atoms with Crippen LogP contribution in [0.25, 0.3) is 0 Å². The Kier molecular flexibility index (Phi) is 12.0. The molecular weight excluding hydrogens is 567 g/mol. The maximum absolute atomic E-state index is 13.9. The van der Waals surface area contributed by atoms with Crippen LogP contribution in [0.1, 0.15) is 25.8 Å². The second kappa shape index (κ2) is 14.8. The predicted molar refractivity (Wildman–Crippen MR) is 142 cm³/mol. The molecule has 41 heavy (non-hydrogen) atoms. The van der Waals surface area contributed by atoms with Crippen LogP contribution in [0.3, 0.4) is 0 Å². The van der Waals surface area contributed by atoms with Gasteiger partial charge in [-0.2, -0.15) is 4.31 Å². The summed E-state index contributed by atoms with van der Waals surface area (Å²) in [6.07, 6.45) is 1.96. The van der Waals surface area contributed by atoms with Crippen LogP contribution in [0.5, 0.6) is 0 Å². The number of carbonyl (C=O) groups is 3. The third kappa shape index (κ3) is 8.62. The molecule has 10 nitrogen and oxygen atoms in total. The average Bonchev–Trinajstić information content (AvgIpc) is 3.50. The van der Waals surface area contributed by atoms with Crippen molar-refractivity contribution in [2.24, 2.45) is 11.7 Å². The van der Waals surface area contributed by atoms with Crippen LogP contribution in [0, 0.1) is 23.4 Å². The number of carboxylic acid groups (broad SMARTS) is 1. The molecule has 2 aromatic carbocycles. The van der Waals surface area contributed by atoms with Crippen molar-refractivity contribution in [1.82, 2.24) is 9.21 Å². The molecule has 3 atom stereocenters. The molecule has 2 saturated heterocycles. The van der Waals surface area contributed by atoms with Crippen molar-refractivity contribution in [1.29, 1.82) is 0 Å². The minimum atomic E-state index is -3.64. The number of amides is 1. The molecule has 0 bridgehead atoms. The summed E-state index contributed by atoms with van der Waals surface area (Å²) in [5.74, 6) is -4.73. The van der Waals surface area contributed by atoms with Crippen LogP contribution in [0.15, 0.2) is 59.7 Å². The van der Waals surface area contributed by atoms with Crippen molar-refractivity contribution in [2.75, 3.05) is 19.6 Å². The molecule has 2 aliphatic heterocycles. The van der Waals surface area contributed by atoms with Gasteiger partial charge in [0, 0.05) is 44.2 Å². The Morgan fingerprint density at radius 1 is 1.10 bits per heavy atom. The summed E-state index contributed by atoms with van der Waals surface area (Å²) in [5, 5.41) is 7.86. The van der Waals surface area contributed by atoms with Crippen LogP contribution >= 0.6 is 0 Å². The van der Waals surface area contributed by atoms with Crippen LogP contribution in [-0.4, -0.2) is 72.8 Å². The highest BCUT2D eigenvalue weighted by Crippen LogP contribution is 2.35. The molecule has 0 spiro atoms. The Morgan fingerprint density at radius 2 is 1.76 bits per heavy atom. The van der Waals surface area contributed by atoms with Crippen molar-refractivity contribution in [2.45, 2.75) is 43.7 Å². The van der Waals surface area contributed by atoms with Crippen molar-refractivity contribution in [3.8, 4) is 0 Å². The molecule has 224 valence electrons. The third-order valence-corrected chi connectivity index (χ3v) is 8.41. The fraction of sp³-hybridized carbons (Fsp3) is 0.370. The monoisotopic (exact) mass is 599 g/mol. The van der Waals surface area contributed by atoms with Gasteiger partial charge in [-0.1, -0.05) is 25.6 Å². The number of carboxylic acids is 1. The van der Waals surface area contributed by atoms with Gasteiger partial charge in [0.2, 0.25) is 15.9 Å². The summed E-state index contributed by atoms with van der Waals surface area (Å²) in [5.41, 5.74) is 5.91. The van der Waals surface area contributed by atoms with E-state index < -0.39 is 39.5 Å². The lowest BCUT2D eigenvalue weighted by molar-refractivity contribution is -0.133. The molecule has 1 amide bonds. The van der Waals surface area contributed by atoms with E-state index in [1.807, 2.05) is 0 Å². The van der Waals surface area contributed by atoms with Crippen LogP contribution in [0.4, 0.5) is 13.2 Å². The van der Waals surface area contributed by atoms with E-state index in [0.29, 0.717) is 31.7 Å². The number of halogens is 3. The number of hydrogen-bond acceptors (Lipinski definition) is 7. The van der Waals surface area contributed by atoms with Gasteiger partial charge in [0.1, 0.15) is 12.1 Å². The number of ether oxygens (including phenoxy) is 1. The molecule has 0 aromatic heterocycles. The quantitative estimate of drug-likeness (QED) is 0.194. The van der Waals surface area contributed by atoms with E-state index in [2.05, 4.69) is 4.74 Å². The summed E-state index contributed by atoms with van der Waals surface area (Å²) < 4.78 is 71.5. The van der Waals surface area contributed by atoms with Crippen molar-refractivity contribution in [3.05, 3.63) is 77.8 Å². The van der Waals surface area contributed by atoms with Crippen LogP contribution in [-0.2, 0) is 35.6 Å². The largest absolute Gasteiger partial charge is 0.478 e. The van der Waals surface area contributed by atoms with E-state index in [1.54, 1.807) is 35.2 Å². The zero-order valence-corrected chi connectivity index (χ0v) is 22.0. The first-order valence-corrected chi connectivity index (χ1v) is 13.6. The number of rotatable bonds is 9. The minimum absolute atomic E-state index is 0. The zero-order chi connectivity index (χ0) is 29.4. The Labute approximate surface area is 236 Å². The number of likely N-dealkylation sites (tertiary alicyclic amines) is 1. The topological polar surface area (TPSA) is 147 Å². The highest BCUT2D eigenvalue weighted by Gasteiger charge is 2.46. The fourth-order valence-electron chi connectivity index (χ4n) is 4.72. The molecule has 0 saturated carbocycles. The molecule has 2 aliphatic rings. The summed E-state index contributed by atoms with van der Waals surface area (Å²) in [4.78, 5) is 33.6. The number of benzene rings is 2. The molecule has 3 N–H and O–H groups in total. The number of nitrogens with zero attached hydrogens (tertiary/aromatic N) is 2. The lowest BCUT2D eigenvalue weighted by atomic mass is 10.0. The van der Waals surface area contributed by atoms with E-state index in [9.17, 15) is 36.0 Å². The lowest BCUT2D eigenvalue weighted by Gasteiger charge is -2.26.